The van der Waals surface area contributed by atoms with Gasteiger partial charge in [-0.15, -0.1) is 12.4 Å². The van der Waals surface area contributed by atoms with Crippen molar-refractivity contribution in [2.75, 3.05) is 38.2 Å². The van der Waals surface area contributed by atoms with Gasteiger partial charge >= 0.3 is 12.0 Å². The number of benzene rings is 1. The molecule has 7 nitrogen and oxygen atoms in total. The van der Waals surface area contributed by atoms with Gasteiger partial charge in [-0.25, -0.2) is 9.69 Å². The highest BCUT2D eigenvalue weighted by Crippen LogP contribution is 2.24. The quantitative estimate of drug-likeness (QED) is 0.552. The predicted molar refractivity (Wildman–Crippen MR) is 109 cm³/mol. The Kier molecular flexibility index (Phi) is 8.26. The van der Waals surface area contributed by atoms with Gasteiger partial charge in [0.25, 0.3) is 5.91 Å². The first kappa shape index (κ1) is 22.2. The molecule has 8 heteroatoms. The number of nitrogens with one attached hydrogen (secondary N) is 1. The van der Waals surface area contributed by atoms with Crippen molar-refractivity contribution < 1.29 is 19.1 Å². The van der Waals surface area contributed by atoms with Gasteiger partial charge in [-0.3, -0.25) is 9.59 Å². The molecule has 2 heterocycles. The van der Waals surface area contributed by atoms with Crippen LogP contribution in [-0.2, 0) is 20.7 Å². The van der Waals surface area contributed by atoms with Crippen molar-refractivity contribution in [3.8, 4) is 0 Å². The average molecular weight is 410 g/mol. The predicted octanol–water partition coefficient (Wildman–Crippen LogP) is 2.37. The highest BCUT2D eigenvalue weighted by molar-refractivity contribution is 6.19. The fraction of sp³-hybridized carbons (Fsp3) is 0.550. The molecule has 0 aromatic heterocycles. The van der Waals surface area contributed by atoms with Crippen molar-refractivity contribution in [3.05, 3.63) is 29.8 Å². The summed E-state index contributed by atoms with van der Waals surface area (Å²) >= 11 is 0. The van der Waals surface area contributed by atoms with Gasteiger partial charge in [-0.05, 0) is 62.4 Å². The van der Waals surface area contributed by atoms with Crippen LogP contribution in [0.4, 0.5) is 10.5 Å². The van der Waals surface area contributed by atoms with Crippen molar-refractivity contribution in [1.29, 1.82) is 0 Å². The molecule has 1 aromatic carbocycles. The maximum atomic E-state index is 12.7. The van der Waals surface area contributed by atoms with Gasteiger partial charge in [0.2, 0.25) is 0 Å². The Hall–Kier alpha value is -2.12. The lowest BCUT2D eigenvalue weighted by molar-refractivity contribution is -0.140. The van der Waals surface area contributed by atoms with Crippen LogP contribution in [0.5, 0.6) is 0 Å². The van der Waals surface area contributed by atoms with Crippen LogP contribution < -0.4 is 10.2 Å². The molecule has 2 aliphatic rings. The SMILES string of the molecule is COC(=O)CCc1ccc(N2C(=O)CN(CCC3CCNCC3)C2=O)cc1.Cl. The smallest absolute Gasteiger partial charge is 0.331 e. The largest absolute Gasteiger partial charge is 0.469 e. The van der Waals surface area contributed by atoms with Gasteiger partial charge in [0.15, 0.2) is 0 Å². The third-order valence-corrected chi connectivity index (χ3v) is 5.34. The number of rotatable bonds is 7. The molecule has 154 valence electrons. The average Bonchev–Trinajstić information content (AvgIpc) is 2.99. The molecule has 0 saturated carbocycles. The van der Waals surface area contributed by atoms with E-state index in [2.05, 4.69) is 10.1 Å². The highest BCUT2D eigenvalue weighted by atomic mass is 35.5. The number of anilines is 1. The van der Waals surface area contributed by atoms with Crippen LogP contribution in [0.3, 0.4) is 0 Å². The van der Waals surface area contributed by atoms with Crippen LogP contribution in [0.15, 0.2) is 24.3 Å². The van der Waals surface area contributed by atoms with E-state index in [9.17, 15) is 14.4 Å². The number of aryl methyl sites for hydroxylation is 1. The number of imide groups is 1. The van der Waals surface area contributed by atoms with Gasteiger partial charge in [-0.2, -0.15) is 0 Å². The van der Waals surface area contributed by atoms with Gasteiger partial charge in [-0.1, -0.05) is 12.1 Å². The minimum Gasteiger partial charge on any atom is -0.469 e. The maximum absolute atomic E-state index is 12.7. The number of hydrogen-bond acceptors (Lipinski definition) is 5. The molecule has 0 atom stereocenters. The molecule has 2 fully saturated rings. The lowest BCUT2D eigenvalue weighted by atomic mass is 9.94. The third kappa shape index (κ3) is 5.45. The highest BCUT2D eigenvalue weighted by Gasteiger charge is 2.37. The maximum Gasteiger partial charge on any atom is 0.331 e. The van der Waals surface area contributed by atoms with E-state index in [4.69, 9.17) is 0 Å². The van der Waals surface area contributed by atoms with Crippen LogP contribution in [0, 0.1) is 5.92 Å². The Morgan fingerprint density at radius 2 is 1.86 bits per heavy atom. The van der Waals surface area contributed by atoms with Crippen LogP contribution in [0.25, 0.3) is 0 Å². The number of methoxy groups -OCH3 is 1. The summed E-state index contributed by atoms with van der Waals surface area (Å²) in [6, 6.07) is 6.97. The lowest BCUT2D eigenvalue weighted by Crippen LogP contribution is -2.35. The second-order valence-corrected chi connectivity index (χ2v) is 7.16. The van der Waals surface area contributed by atoms with Crippen molar-refractivity contribution >= 4 is 36.0 Å². The molecule has 0 aliphatic carbocycles. The monoisotopic (exact) mass is 409 g/mol. The van der Waals surface area contributed by atoms with Gasteiger partial charge in [0.1, 0.15) is 6.54 Å². The fourth-order valence-corrected chi connectivity index (χ4v) is 3.65. The second-order valence-electron chi connectivity index (χ2n) is 7.16. The summed E-state index contributed by atoms with van der Waals surface area (Å²) in [6.45, 7) is 2.84. The summed E-state index contributed by atoms with van der Waals surface area (Å²) < 4.78 is 4.64. The summed E-state index contributed by atoms with van der Waals surface area (Å²) in [5.41, 5.74) is 1.54. The summed E-state index contributed by atoms with van der Waals surface area (Å²) in [5, 5.41) is 3.34. The first-order valence-corrected chi connectivity index (χ1v) is 9.57. The van der Waals surface area contributed by atoms with E-state index in [0.717, 1.165) is 37.9 Å². The molecule has 0 bridgehead atoms. The molecular formula is C20H28ClN3O4. The summed E-state index contributed by atoms with van der Waals surface area (Å²) in [4.78, 5) is 39.2. The first-order chi connectivity index (χ1) is 13.1. The number of piperidine rings is 1. The van der Waals surface area contributed by atoms with Crippen LogP contribution in [0.1, 0.15) is 31.2 Å². The van der Waals surface area contributed by atoms with E-state index in [1.165, 1.54) is 12.0 Å². The van der Waals surface area contributed by atoms with Crippen LogP contribution >= 0.6 is 12.4 Å². The van der Waals surface area contributed by atoms with E-state index in [1.54, 1.807) is 17.0 Å². The first-order valence-electron chi connectivity index (χ1n) is 9.57. The number of nitrogens with zero attached hydrogens (tertiary/aromatic N) is 2. The number of esters is 1. The zero-order valence-corrected chi connectivity index (χ0v) is 17.0. The molecular weight excluding hydrogens is 382 g/mol. The van der Waals surface area contributed by atoms with Crippen molar-refractivity contribution in [2.24, 2.45) is 5.92 Å². The molecule has 2 aliphatic heterocycles. The molecule has 1 N–H and O–H groups in total. The summed E-state index contributed by atoms with van der Waals surface area (Å²) in [6.07, 6.45) is 4.08. The number of amides is 3. The number of urea groups is 1. The third-order valence-electron chi connectivity index (χ3n) is 5.34. The molecule has 0 spiro atoms. The second kappa shape index (κ2) is 10.4. The fourth-order valence-electron chi connectivity index (χ4n) is 3.65. The number of halogens is 1. The Labute approximate surface area is 171 Å². The Morgan fingerprint density at radius 1 is 1.18 bits per heavy atom. The van der Waals surface area contributed by atoms with Crippen LogP contribution in [-0.4, -0.2) is 56.1 Å². The molecule has 3 rings (SSSR count). The number of carbonyl (C=O) groups is 3. The number of ether oxygens (including phenoxy) is 1. The summed E-state index contributed by atoms with van der Waals surface area (Å²) in [5.74, 6) is 0.179. The lowest BCUT2D eigenvalue weighted by Gasteiger charge is -2.24. The molecule has 3 amide bonds. The standard InChI is InChI=1S/C20H27N3O4.ClH/c1-27-19(25)7-4-15-2-5-17(6-3-15)23-18(24)14-22(20(23)26)13-10-16-8-11-21-12-9-16;/h2-3,5-6,16,21H,4,7-14H2,1H3;1H. The van der Waals surface area contributed by atoms with E-state index >= 15 is 0 Å². The van der Waals surface area contributed by atoms with Crippen molar-refractivity contribution in [2.45, 2.75) is 32.1 Å². The van der Waals surface area contributed by atoms with Gasteiger partial charge in [0.05, 0.1) is 12.8 Å². The minimum atomic E-state index is -0.256. The molecule has 1 aromatic rings. The Morgan fingerprint density at radius 3 is 2.50 bits per heavy atom. The van der Waals surface area contributed by atoms with Crippen molar-refractivity contribution in [3.63, 3.8) is 0 Å². The zero-order chi connectivity index (χ0) is 19.2. The van der Waals surface area contributed by atoms with E-state index in [-0.39, 0.29) is 36.9 Å². The number of carbonyl (C=O) groups excluding carboxylic acids is 3. The van der Waals surface area contributed by atoms with E-state index in [1.807, 2.05) is 12.1 Å². The van der Waals surface area contributed by atoms with Crippen LogP contribution in [0.2, 0.25) is 0 Å². The van der Waals surface area contributed by atoms with Gasteiger partial charge in [0, 0.05) is 13.0 Å². The van der Waals surface area contributed by atoms with E-state index < -0.39 is 0 Å². The Balaban J connectivity index is 0.00000280. The van der Waals surface area contributed by atoms with Crippen molar-refractivity contribution in [1.82, 2.24) is 10.2 Å². The number of hydrogen-bond donors (Lipinski definition) is 1. The molecule has 0 radical (unpaired) electrons. The van der Waals surface area contributed by atoms with E-state index in [0.29, 0.717) is 31.0 Å². The zero-order valence-electron chi connectivity index (χ0n) is 16.2. The molecule has 0 unspecified atom stereocenters. The minimum absolute atomic E-state index is 0. The topological polar surface area (TPSA) is 79.0 Å². The molecule has 28 heavy (non-hydrogen) atoms. The Bertz CT molecular complexity index is 689. The normalized spacial score (nSPS) is 17.6. The molecule has 2 saturated heterocycles. The summed E-state index contributed by atoms with van der Waals surface area (Å²) in [7, 11) is 1.37. The van der Waals surface area contributed by atoms with Gasteiger partial charge < -0.3 is 15.0 Å².